The summed E-state index contributed by atoms with van der Waals surface area (Å²) < 4.78 is 1.80. The number of rotatable bonds is 5. The number of hydrogen-bond acceptors (Lipinski definition) is 6. The van der Waals surface area contributed by atoms with E-state index < -0.39 is 4.92 Å². The third-order valence-corrected chi connectivity index (χ3v) is 4.23. The monoisotopic (exact) mass is 320 g/mol. The van der Waals surface area contributed by atoms with Crippen LogP contribution in [0, 0.1) is 10.1 Å². The lowest BCUT2D eigenvalue weighted by Gasteiger charge is -2.08. The van der Waals surface area contributed by atoms with E-state index in [9.17, 15) is 10.1 Å². The number of aromatic nitrogens is 2. The summed E-state index contributed by atoms with van der Waals surface area (Å²) in [5, 5.41) is 23.5. The van der Waals surface area contributed by atoms with Gasteiger partial charge >= 0.3 is 0 Å². The highest BCUT2D eigenvalue weighted by atomic mass is 32.2. The molecule has 22 heavy (non-hydrogen) atoms. The fourth-order valence-corrected chi connectivity index (χ4v) is 3.12. The zero-order chi connectivity index (χ0) is 16.3. The Morgan fingerprint density at radius 1 is 1.50 bits per heavy atom. The van der Waals surface area contributed by atoms with E-state index in [0.717, 1.165) is 15.6 Å². The smallest absolute Gasteiger partial charge is 0.270 e. The molecule has 0 amide bonds. The number of nitro groups is 1. The molecule has 2 aromatic rings. The van der Waals surface area contributed by atoms with Crippen molar-refractivity contribution in [2.45, 2.75) is 29.7 Å². The van der Waals surface area contributed by atoms with Gasteiger partial charge < -0.3 is 9.77 Å². The first-order valence-electron chi connectivity index (χ1n) is 6.60. The first-order chi connectivity index (χ1) is 10.4. The van der Waals surface area contributed by atoms with E-state index >= 15 is 0 Å². The number of benzene rings is 1. The zero-order valence-corrected chi connectivity index (χ0v) is 13.2. The first kappa shape index (κ1) is 16.0. The minimum absolute atomic E-state index is 0.0513. The predicted molar refractivity (Wildman–Crippen MR) is 83.9 cm³/mol. The van der Waals surface area contributed by atoms with Crippen LogP contribution in [0.5, 0.6) is 0 Å². The summed E-state index contributed by atoms with van der Waals surface area (Å²) in [6.07, 6.45) is 1.27. The van der Waals surface area contributed by atoms with Gasteiger partial charge in [0.1, 0.15) is 11.2 Å². The molecule has 1 aromatic carbocycles. The molecule has 1 heterocycles. The summed E-state index contributed by atoms with van der Waals surface area (Å²) >= 11 is 1.40. The van der Waals surface area contributed by atoms with Crippen molar-refractivity contribution < 1.29 is 10.1 Å². The molecule has 0 bridgehead atoms. The Morgan fingerprint density at radius 2 is 2.23 bits per heavy atom. The summed E-state index contributed by atoms with van der Waals surface area (Å²) in [6.45, 7) is 4.03. The molecule has 0 radical (unpaired) electrons. The second kappa shape index (κ2) is 6.61. The maximum Gasteiger partial charge on any atom is 0.270 e. The fourth-order valence-electron chi connectivity index (χ4n) is 1.96. The van der Waals surface area contributed by atoms with Crippen LogP contribution in [-0.4, -0.2) is 25.9 Å². The van der Waals surface area contributed by atoms with Gasteiger partial charge in [-0.2, -0.15) is 0 Å². The Kier molecular flexibility index (Phi) is 4.81. The Balaban J connectivity index is 2.44. The maximum absolute atomic E-state index is 10.9. The SMILES string of the molecule is CC(C)c1nc(/C=N/O)n(C)c1Sc1cccc([N+](=O)[O-])c1. The molecule has 116 valence electrons. The summed E-state index contributed by atoms with van der Waals surface area (Å²) in [7, 11) is 1.82. The predicted octanol–water partition coefficient (Wildman–Crippen LogP) is 3.41. The van der Waals surface area contributed by atoms with Gasteiger partial charge in [-0.05, 0) is 12.0 Å². The van der Waals surface area contributed by atoms with E-state index in [0.29, 0.717) is 5.82 Å². The number of imidazole rings is 1. The summed E-state index contributed by atoms with van der Waals surface area (Å²) in [4.78, 5) is 15.7. The van der Waals surface area contributed by atoms with E-state index in [2.05, 4.69) is 10.1 Å². The minimum atomic E-state index is -0.416. The molecular formula is C14H16N4O3S. The van der Waals surface area contributed by atoms with E-state index in [-0.39, 0.29) is 11.6 Å². The molecule has 0 atom stereocenters. The lowest BCUT2D eigenvalue weighted by Crippen LogP contribution is -1.98. The Hall–Kier alpha value is -2.35. The van der Waals surface area contributed by atoms with Crippen molar-refractivity contribution in [3.8, 4) is 0 Å². The van der Waals surface area contributed by atoms with Gasteiger partial charge in [0.05, 0.1) is 10.6 Å². The molecule has 0 aliphatic heterocycles. The third kappa shape index (κ3) is 3.28. The van der Waals surface area contributed by atoms with Gasteiger partial charge in [-0.15, -0.1) is 0 Å². The van der Waals surface area contributed by atoms with Gasteiger partial charge in [0.25, 0.3) is 5.69 Å². The third-order valence-electron chi connectivity index (χ3n) is 3.07. The first-order valence-corrected chi connectivity index (χ1v) is 7.42. The average Bonchev–Trinajstić information content (AvgIpc) is 2.77. The van der Waals surface area contributed by atoms with Crippen molar-refractivity contribution in [2.24, 2.45) is 12.2 Å². The highest BCUT2D eigenvalue weighted by Gasteiger charge is 2.18. The summed E-state index contributed by atoms with van der Waals surface area (Å²) in [6, 6.07) is 6.46. The maximum atomic E-state index is 10.9. The van der Waals surface area contributed by atoms with Crippen LogP contribution in [0.15, 0.2) is 39.3 Å². The van der Waals surface area contributed by atoms with Crippen molar-refractivity contribution in [1.82, 2.24) is 9.55 Å². The van der Waals surface area contributed by atoms with E-state index in [1.165, 1.54) is 30.1 Å². The van der Waals surface area contributed by atoms with E-state index in [1.54, 1.807) is 10.6 Å². The molecule has 0 aliphatic carbocycles. The quantitative estimate of drug-likeness (QED) is 0.394. The van der Waals surface area contributed by atoms with Crippen LogP contribution in [0.4, 0.5) is 5.69 Å². The number of nitrogens with zero attached hydrogens (tertiary/aromatic N) is 4. The molecule has 1 N–H and O–H groups in total. The van der Waals surface area contributed by atoms with Crippen LogP contribution in [0.25, 0.3) is 0 Å². The molecule has 0 unspecified atom stereocenters. The largest absolute Gasteiger partial charge is 0.411 e. The number of oxime groups is 1. The van der Waals surface area contributed by atoms with Crippen molar-refractivity contribution >= 4 is 23.7 Å². The molecule has 0 saturated carbocycles. The number of non-ortho nitro benzene ring substituents is 1. The van der Waals surface area contributed by atoms with Gasteiger partial charge in [0.15, 0.2) is 5.82 Å². The zero-order valence-electron chi connectivity index (χ0n) is 12.4. The molecule has 2 rings (SSSR count). The fraction of sp³-hybridized carbons (Fsp3) is 0.286. The molecule has 0 fully saturated rings. The molecule has 0 spiro atoms. The Bertz CT molecular complexity index is 725. The Morgan fingerprint density at radius 3 is 2.82 bits per heavy atom. The van der Waals surface area contributed by atoms with Crippen LogP contribution in [0.2, 0.25) is 0 Å². The number of nitro benzene ring substituents is 1. The molecule has 0 saturated heterocycles. The molecule has 0 aliphatic rings. The van der Waals surface area contributed by atoms with Crippen LogP contribution in [0.1, 0.15) is 31.3 Å². The van der Waals surface area contributed by atoms with Gasteiger partial charge in [-0.25, -0.2) is 4.98 Å². The summed E-state index contributed by atoms with van der Waals surface area (Å²) in [5.74, 6) is 0.701. The van der Waals surface area contributed by atoms with Crippen LogP contribution < -0.4 is 0 Å². The Labute approximate surface area is 131 Å². The lowest BCUT2D eigenvalue weighted by atomic mass is 10.2. The second-order valence-electron chi connectivity index (χ2n) is 4.98. The van der Waals surface area contributed by atoms with Crippen molar-refractivity contribution in [2.75, 3.05) is 0 Å². The van der Waals surface area contributed by atoms with Gasteiger partial charge in [-0.1, -0.05) is 36.8 Å². The van der Waals surface area contributed by atoms with Crippen LogP contribution >= 0.6 is 11.8 Å². The van der Waals surface area contributed by atoms with Crippen molar-refractivity contribution in [3.63, 3.8) is 0 Å². The standard InChI is InChI=1S/C14H16N4O3S/c1-9(2)13-14(17(3)12(16-13)8-15-19)22-11-6-4-5-10(7-11)18(20)21/h4-9,19H,1-3H3/b15-8+. The van der Waals surface area contributed by atoms with Crippen LogP contribution in [0.3, 0.4) is 0 Å². The van der Waals surface area contributed by atoms with Gasteiger partial charge in [0, 0.05) is 24.1 Å². The molecule has 8 heteroatoms. The molecule has 1 aromatic heterocycles. The lowest BCUT2D eigenvalue weighted by molar-refractivity contribution is -0.385. The highest BCUT2D eigenvalue weighted by molar-refractivity contribution is 7.99. The second-order valence-corrected chi connectivity index (χ2v) is 6.04. The van der Waals surface area contributed by atoms with Crippen molar-refractivity contribution in [1.29, 1.82) is 0 Å². The molecule has 7 nitrogen and oxygen atoms in total. The van der Waals surface area contributed by atoms with E-state index in [1.807, 2.05) is 27.0 Å². The van der Waals surface area contributed by atoms with Gasteiger partial charge in [0.2, 0.25) is 0 Å². The minimum Gasteiger partial charge on any atom is -0.411 e. The normalized spacial score (nSPS) is 11.5. The molecular weight excluding hydrogens is 304 g/mol. The highest BCUT2D eigenvalue weighted by Crippen LogP contribution is 2.35. The summed E-state index contributed by atoms with van der Waals surface area (Å²) in [5.41, 5.74) is 0.907. The topological polar surface area (TPSA) is 93.6 Å². The van der Waals surface area contributed by atoms with E-state index in [4.69, 9.17) is 5.21 Å². The average molecular weight is 320 g/mol. The van der Waals surface area contributed by atoms with Crippen LogP contribution in [-0.2, 0) is 7.05 Å². The van der Waals surface area contributed by atoms with Crippen molar-refractivity contribution in [3.05, 3.63) is 45.9 Å². The van der Waals surface area contributed by atoms with Gasteiger partial charge in [-0.3, -0.25) is 10.1 Å². The number of hydrogen-bond donors (Lipinski definition) is 1.